The third kappa shape index (κ3) is 5.72. The van der Waals surface area contributed by atoms with E-state index in [0.29, 0.717) is 17.1 Å². The fourth-order valence-electron chi connectivity index (χ4n) is 2.71. The van der Waals surface area contributed by atoms with E-state index in [4.69, 9.17) is 4.74 Å². The van der Waals surface area contributed by atoms with E-state index in [1.165, 1.54) is 0 Å². The van der Waals surface area contributed by atoms with E-state index in [1.54, 1.807) is 24.3 Å². The van der Waals surface area contributed by atoms with E-state index in [1.807, 2.05) is 45.9 Å². The first-order valence-electron chi connectivity index (χ1n) is 8.68. The summed E-state index contributed by atoms with van der Waals surface area (Å²) in [5.74, 6) is 0.138. The lowest BCUT2D eigenvalue weighted by Crippen LogP contribution is -2.37. The number of rotatable bonds is 7. The van der Waals surface area contributed by atoms with Gasteiger partial charge in [-0.2, -0.15) is 0 Å². The third-order valence-electron chi connectivity index (χ3n) is 3.91. The van der Waals surface area contributed by atoms with Crippen LogP contribution in [0.3, 0.4) is 0 Å². The Bertz CT molecular complexity index is 903. The Kier molecular flexibility index (Phi) is 6.49. The molecule has 146 valence electrons. The van der Waals surface area contributed by atoms with E-state index in [9.17, 15) is 13.2 Å². The largest absolute Gasteiger partial charge is 0.491 e. The molecule has 0 fully saturated rings. The molecule has 2 aromatic carbocycles. The summed E-state index contributed by atoms with van der Waals surface area (Å²) in [6.45, 7) is 7.24. The maximum absolute atomic E-state index is 12.6. The van der Waals surface area contributed by atoms with Crippen molar-refractivity contribution in [1.29, 1.82) is 0 Å². The number of ether oxygens (including phenoxy) is 1. The van der Waals surface area contributed by atoms with Crippen LogP contribution in [0.15, 0.2) is 42.5 Å². The van der Waals surface area contributed by atoms with Crippen LogP contribution in [-0.4, -0.2) is 33.2 Å². The highest BCUT2D eigenvalue weighted by atomic mass is 32.2. The summed E-state index contributed by atoms with van der Waals surface area (Å²) in [6, 6.07) is 12.4. The van der Waals surface area contributed by atoms with Crippen LogP contribution in [0.1, 0.15) is 25.0 Å². The first-order valence-corrected chi connectivity index (χ1v) is 10.5. The molecule has 1 N–H and O–H groups in total. The van der Waals surface area contributed by atoms with Gasteiger partial charge in [-0.25, -0.2) is 8.42 Å². The van der Waals surface area contributed by atoms with Crippen LogP contribution in [0.25, 0.3) is 0 Å². The number of nitrogens with zero attached hydrogens (tertiary/aromatic N) is 1. The number of aryl methyl sites for hydroxylation is 2. The minimum absolute atomic E-state index is 0.0423. The van der Waals surface area contributed by atoms with Gasteiger partial charge in [-0.05, 0) is 51.0 Å². The van der Waals surface area contributed by atoms with Gasteiger partial charge in [0.2, 0.25) is 15.9 Å². The van der Waals surface area contributed by atoms with Crippen LogP contribution in [0.2, 0.25) is 0 Å². The SMILES string of the molecule is Cc1cccc(C)c1NC(=O)CN(c1cccc(OC(C)C)c1)S(C)(=O)=O. The van der Waals surface area contributed by atoms with E-state index >= 15 is 0 Å². The topological polar surface area (TPSA) is 75.7 Å². The number of anilines is 2. The smallest absolute Gasteiger partial charge is 0.245 e. The van der Waals surface area contributed by atoms with Gasteiger partial charge in [-0.1, -0.05) is 24.3 Å². The normalized spacial score (nSPS) is 11.3. The van der Waals surface area contributed by atoms with Crippen LogP contribution in [0, 0.1) is 13.8 Å². The van der Waals surface area contributed by atoms with E-state index in [2.05, 4.69) is 5.32 Å². The monoisotopic (exact) mass is 390 g/mol. The van der Waals surface area contributed by atoms with Crippen molar-refractivity contribution in [3.05, 3.63) is 53.6 Å². The van der Waals surface area contributed by atoms with Crippen molar-refractivity contribution in [2.75, 3.05) is 22.4 Å². The minimum Gasteiger partial charge on any atom is -0.491 e. The zero-order valence-electron chi connectivity index (χ0n) is 16.3. The Morgan fingerprint density at radius 2 is 1.70 bits per heavy atom. The highest BCUT2D eigenvalue weighted by molar-refractivity contribution is 7.92. The quantitative estimate of drug-likeness (QED) is 0.785. The average Bonchev–Trinajstić information content (AvgIpc) is 2.55. The number of para-hydroxylation sites is 1. The Hall–Kier alpha value is -2.54. The van der Waals surface area contributed by atoms with E-state index in [0.717, 1.165) is 21.7 Å². The van der Waals surface area contributed by atoms with Gasteiger partial charge < -0.3 is 10.1 Å². The highest BCUT2D eigenvalue weighted by Gasteiger charge is 2.22. The third-order valence-corrected chi connectivity index (χ3v) is 5.05. The predicted molar refractivity (Wildman–Crippen MR) is 109 cm³/mol. The second-order valence-corrected chi connectivity index (χ2v) is 8.66. The molecule has 0 aromatic heterocycles. The van der Waals surface area contributed by atoms with Crippen molar-refractivity contribution in [2.45, 2.75) is 33.8 Å². The van der Waals surface area contributed by atoms with Crippen molar-refractivity contribution in [1.82, 2.24) is 0 Å². The molecule has 0 aliphatic rings. The Morgan fingerprint density at radius 3 is 2.26 bits per heavy atom. The van der Waals surface area contributed by atoms with Crippen molar-refractivity contribution in [3.63, 3.8) is 0 Å². The summed E-state index contributed by atoms with van der Waals surface area (Å²) >= 11 is 0. The average molecular weight is 391 g/mol. The first kappa shape index (κ1) is 20.8. The zero-order valence-corrected chi connectivity index (χ0v) is 17.1. The van der Waals surface area contributed by atoms with Gasteiger partial charge in [0.15, 0.2) is 0 Å². The summed E-state index contributed by atoms with van der Waals surface area (Å²) in [5, 5.41) is 2.82. The highest BCUT2D eigenvalue weighted by Crippen LogP contribution is 2.25. The molecule has 2 rings (SSSR count). The van der Waals surface area contributed by atoms with Crippen LogP contribution in [0.4, 0.5) is 11.4 Å². The van der Waals surface area contributed by atoms with Gasteiger partial charge >= 0.3 is 0 Å². The molecular formula is C20H26N2O4S. The minimum atomic E-state index is -3.65. The lowest BCUT2D eigenvalue weighted by molar-refractivity contribution is -0.114. The molecule has 0 spiro atoms. The Morgan fingerprint density at radius 1 is 1.11 bits per heavy atom. The lowest BCUT2D eigenvalue weighted by Gasteiger charge is -2.23. The second-order valence-electron chi connectivity index (χ2n) is 6.75. The molecule has 6 nitrogen and oxygen atoms in total. The number of sulfonamides is 1. The number of nitrogens with one attached hydrogen (secondary N) is 1. The number of benzene rings is 2. The van der Waals surface area contributed by atoms with Crippen LogP contribution >= 0.6 is 0 Å². The maximum atomic E-state index is 12.6. The lowest BCUT2D eigenvalue weighted by atomic mass is 10.1. The molecule has 0 heterocycles. The molecule has 0 atom stereocenters. The van der Waals surface area contributed by atoms with Crippen LogP contribution in [0.5, 0.6) is 5.75 Å². The summed E-state index contributed by atoms with van der Waals surface area (Å²) < 4.78 is 31.3. The summed E-state index contributed by atoms with van der Waals surface area (Å²) in [4.78, 5) is 12.6. The molecule has 1 amide bonds. The number of hydrogen-bond donors (Lipinski definition) is 1. The number of carbonyl (C=O) groups is 1. The summed E-state index contributed by atoms with van der Waals surface area (Å²) in [5.41, 5.74) is 2.92. The van der Waals surface area contributed by atoms with Crippen molar-refractivity contribution < 1.29 is 17.9 Å². The van der Waals surface area contributed by atoms with E-state index < -0.39 is 15.9 Å². The van der Waals surface area contributed by atoms with Crippen molar-refractivity contribution >= 4 is 27.3 Å². The van der Waals surface area contributed by atoms with Gasteiger partial charge in [0.05, 0.1) is 18.0 Å². The van der Waals surface area contributed by atoms with Gasteiger partial charge in [0.25, 0.3) is 0 Å². The van der Waals surface area contributed by atoms with Gasteiger partial charge in [0.1, 0.15) is 12.3 Å². The Balaban J connectivity index is 2.27. The predicted octanol–water partition coefficient (Wildman–Crippen LogP) is 3.50. The standard InChI is InChI=1S/C20H26N2O4S/c1-14(2)26-18-11-7-10-17(12-18)22(27(5,24)25)13-19(23)21-20-15(3)8-6-9-16(20)4/h6-12,14H,13H2,1-5H3,(H,21,23). The molecule has 0 unspecified atom stereocenters. The van der Waals surface area contributed by atoms with Gasteiger partial charge in [-0.15, -0.1) is 0 Å². The molecule has 0 radical (unpaired) electrons. The van der Waals surface area contributed by atoms with Crippen LogP contribution < -0.4 is 14.4 Å². The number of hydrogen-bond acceptors (Lipinski definition) is 4. The molecular weight excluding hydrogens is 364 g/mol. The molecule has 0 aliphatic heterocycles. The molecule has 0 bridgehead atoms. The Labute approximate surface area is 161 Å². The number of amides is 1. The van der Waals surface area contributed by atoms with Crippen LogP contribution in [-0.2, 0) is 14.8 Å². The molecule has 0 aliphatic carbocycles. The van der Waals surface area contributed by atoms with Crippen molar-refractivity contribution in [3.8, 4) is 5.75 Å². The first-order chi connectivity index (χ1) is 12.6. The molecule has 27 heavy (non-hydrogen) atoms. The zero-order chi connectivity index (χ0) is 20.2. The van der Waals surface area contributed by atoms with Crippen molar-refractivity contribution in [2.24, 2.45) is 0 Å². The van der Waals surface area contributed by atoms with E-state index in [-0.39, 0.29) is 12.6 Å². The summed E-state index contributed by atoms with van der Waals surface area (Å²) in [6.07, 6.45) is 1.04. The summed E-state index contributed by atoms with van der Waals surface area (Å²) in [7, 11) is -3.65. The number of carbonyl (C=O) groups excluding carboxylic acids is 1. The fraction of sp³-hybridized carbons (Fsp3) is 0.350. The molecule has 0 saturated carbocycles. The fourth-order valence-corrected chi connectivity index (χ4v) is 3.55. The van der Waals surface area contributed by atoms with Gasteiger partial charge in [0, 0.05) is 11.8 Å². The molecule has 0 saturated heterocycles. The maximum Gasteiger partial charge on any atom is 0.245 e. The second kappa shape index (κ2) is 8.43. The molecule has 7 heteroatoms. The molecule has 2 aromatic rings. The van der Waals surface area contributed by atoms with Gasteiger partial charge in [-0.3, -0.25) is 9.10 Å².